The van der Waals surface area contributed by atoms with E-state index in [-0.39, 0.29) is 5.63 Å². The molecule has 24 heavy (non-hydrogen) atoms. The average Bonchev–Trinajstić information content (AvgIpc) is 3.03. The fourth-order valence-electron chi connectivity index (χ4n) is 3.75. The maximum absolute atomic E-state index is 12.0. The van der Waals surface area contributed by atoms with Gasteiger partial charge in [-0.3, -0.25) is 4.90 Å². The van der Waals surface area contributed by atoms with Crippen LogP contribution in [0.1, 0.15) is 35.6 Å². The Labute approximate surface area is 141 Å². The van der Waals surface area contributed by atoms with Crippen LogP contribution in [0, 0.1) is 6.92 Å². The second-order valence-corrected chi connectivity index (χ2v) is 6.63. The number of aryl methyl sites for hydroxylation is 1. The van der Waals surface area contributed by atoms with Gasteiger partial charge in [-0.2, -0.15) is 0 Å². The van der Waals surface area contributed by atoms with Gasteiger partial charge in [-0.05, 0) is 49.1 Å². The second kappa shape index (κ2) is 6.25. The van der Waals surface area contributed by atoms with Crippen molar-refractivity contribution in [1.29, 1.82) is 0 Å². The summed E-state index contributed by atoms with van der Waals surface area (Å²) >= 11 is 0. The highest BCUT2D eigenvalue weighted by Crippen LogP contribution is 2.33. The molecule has 1 aliphatic rings. The van der Waals surface area contributed by atoms with Gasteiger partial charge in [0, 0.05) is 24.0 Å². The summed E-state index contributed by atoms with van der Waals surface area (Å²) in [5.41, 5.74) is 3.94. The number of nitrogens with zero attached hydrogens (tertiary/aromatic N) is 1. The van der Waals surface area contributed by atoms with Crippen molar-refractivity contribution in [2.75, 3.05) is 6.54 Å². The Morgan fingerprint density at radius 3 is 2.79 bits per heavy atom. The first-order valence-electron chi connectivity index (χ1n) is 8.53. The molecule has 0 aliphatic carbocycles. The highest BCUT2D eigenvalue weighted by atomic mass is 16.4. The largest absolute Gasteiger partial charge is 0.423 e. The lowest BCUT2D eigenvalue weighted by Crippen LogP contribution is -2.23. The number of likely N-dealkylation sites (tertiary alicyclic amines) is 1. The molecule has 3 aromatic rings. The molecule has 122 valence electrons. The van der Waals surface area contributed by atoms with E-state index in [1.54, 1.807) is 6.07 Å². The Hall–Kier alpha value is -2.39. The van der Waals surface area contributed by atoms with E-state index in [0.717, 1.165) is 29.6 Å². The Morgan fingerprint density at radius 2 is 1.96 bits per heavy atom. The Kier molecular flexibility index (Phi) is 3.95. The second-order valence-electron chi connectivity index (χ2n) is 6.63. The summed E-state index contributed by atoms with van der Waals surface area (Å²) in [6.07, 6.45) is 2.36. The maximum Gasteiger partial charge on any atom is 0.336 e. The molecule has 2 aromatic carbocycles. The smallest absolute Gasteiger partial charge is 0.336 e. The van der Waals surface area contributed by atoms with Crippen LogP contribution in [0.15, 0.2) is 63.8 Å². The molecule has 0 radical (unpaired) electrons. The number of rotatable bonds is 3. The first-order valence-corrected chi connectivity index (χ1v) is 8.53. The summed E-state index contributed by atoms with van der Waals surface area (Å²) in [6, 6.07) is 18.8. The third-order valence-corrected chi connectivity index (χ3v) is 4.91. The third kappa shape index (κ3) is 2.87. The number of hydrogen-bond donors (Lipinski definition) is 0. The zero-order valence-corrected chi connectivity index (χ0v) is 13.9. The molecule has 3 heteroatoms. The van der Waals surface area contributed by atoms with Crippen LogP contribution in [0.4, 0.5) is 0 Å². The lowest BCUT2D eigenvalue weighted by Gasteiger charge is -2.25. The van der Waals surface area contributed by atoms with Crippen LogP contribution in [-0.4, -0.2) is 11.4 Å². The molecule has 0 amide bonds. The summed E-state index contributed by atoms with van der Waals surface area (Å²) in [5.74, 6) is 0. The highest BCUT2D eigenvalue weighted by Gasteiger charge is 2.26. The minimum Gasteiger partial charge on any atom is -0.423 e. The number of fused-ring (bicyclic) bond motifs is 1. The van der Waals surface area contributed by atoms with Gasteiger partial charge in [-0.1, -0.05) is 42.5 Å². The fraction of sp³-hybridized carbons (Fsp3) is 0.286. The van der Waals surface area contributed by atoms with E-state index in [9.17, 15) is 4.79 Å². The molecule has 0 saturated carbocycles. The Bertz CT molecular complexity index is 914. The molecule has 1 aromatic heterocycles. The summed E-state index contributed by atoms with van der Waals surface area (Å²) in [6.45, 7) is 3.86. The topological polar surface area (TPSA) is 33.5 Å². The van der Waals surface area contributed by atoms with Crippen molar-refractivity contribution in [3.05, 3.63) is 81.7 Å². The van der Waals surface area contributed by atoms with Crippen LogP contribution in [0.5, 0.6) is 0 Å². The van der Waals surface area contributed by atoms with Crippen molar-refractivity contribution in [2.24, 2.45) is 0 Å². The third-order valence-electron chi connectivity index (χ3n) is 4.91. The molecule has 3 nitrogen and oxygen atoms in total. The van der Waals surface area contributed by atoms with Gasteiger partial charge < -0.3 is 4.42 Å². The Morgan fingerprint density at radius 1 is 1.12 bits per heavy atom. The predicted octanol–water partition coefficient (Wildman–Crippen LogP) is 4.44. The molecule has 1 saturated heterocycles. The summed E-state index contributed by atoms with van der Waals surface area (Å²) in [4.78, 5) is 14.4. The minimum atomic E-state index is -0.265. The van der Waals surface area contributed by atoms with Crippen LogP contribution in [0.2, 0.25) is 0 Å². The molecular weight excluding hydrogens is 298 g/mol. The SMILES string of the molecule is Cc1ccc2c(CN3CCCC3c3ccccc3)cc(=O)oc2c1. The van der Waals surface area contributed by atoms with E-state index in [0.29, 0.717) is 11.6 Å². The van der Waals surface area contributed by atoms with Crippen molar-refractivity contribution in [3.63, 3.8) is 0 Å². The summed E-state index contributed by atoms with van der Waals surface area (Å²) in [7, 11) is 0. The standard InChI is InChI=1S/C21H21NO2/c1-15-9-10-18-17(13-21(23)24-20(18)12-15)14-22-11-5-8-19(22)16-6-3-2-4-7-16/h2-4,6-7,9-10,12-13,19H,5,8,11,14H2,1H3. The van der Waals surface area contributed by atoms with E-state index in [1.807, 2.05) is 13.0 Å². The first-order chi connectivity index (χ1) is 11.7. The molecule has 0 bridgehead atoms. The van der Waals surface area contributed by atoms with Gasteiger partial charge in [0.2, 0.25) is 0 Å². The van der Waals surface area contributed by atoms with Crippen LogP contribution in [0.3, 0.4) is 0 Å². The molecule has 0 N–H and O–H groups in total. The molecule has 1 unspecified atom stereocenters. The minimum absolute atomic E-state index is 0.265. The molecule has 1 fully saturated rings. The normalized spacial score (nSPS) is 18.3. The van der Waals surface area contributed by atoms with Crippen molar-refractivity contribution < 1.29 is 4.42 Å². The van der Waals surface area contributed by atoms with E-state index >= 15 is 0 Å². The van der Waals surface area contributed by atoms with Crippen molar-refractivity contribution in [1.82, 2.24) is 4.90 Å². The molecule has 4 rings (SSSR count). The van der Waals surface area contributed by atoms with Crippen LogP contribution < -0.4 is 5.63 Å². The lowest BCUT2D eigenvalue weighted by molar-refractivity contribution is 0.249. The molecule has 1 aliphatic heterocycles. The zero-order chi connectivity index (χ0) is 16.5. The molecular formula is C21H21NO2. The van der Waals surface area contributed by atoms with E-state index in [1.165, 1.54) is 18.4 Å². The summed E-state index contributed by atoms with van der Waals surface area (Å²) in [5, 5.41) is 1.04. The predicted molar refractivity (Wildman–Crippen MR) is 96.0 cm³/mol. The van der Waals surface area contributed by atoms with Gasteiger partial charge in [-0.15, -0.1) is 0 Å². The van der Waals surface area contributed by atoms with Crippen molar-refractivity contribution in [3.8, 4) is 0 Å². The zero-order valence-electron chi connectivity index (χ0n) is 13.9. The quantitative estimate of drug-likeness (QED) is 0.669. The first kappa shape index (κ1) is 15.2. The van der Waals surface area contributed by atoms with Crippen LogP contribution in [0.25, 0.3) is 11.0 Å². The van der Waals surface area contributed by atoms with Crippen molar-refractivity contribution >= 4 is 11.0 Å². The van der Waals surface area contributed by atoms with Gasteiger partial charge in [-0.25, -0.2) is 4.79 Å². The molecule has 2 heterocycles. The summed E-state index contributed by atoms with van der Waals surface area (Å²) < 4.78 is 5.39. The van der Waals surface area contributed by atoms with Gasteiger partial charge in [0.15, 0.2) is 0 Å². The average molecular weight is 319 g/mol. The van der Waals surface area contributed by atoms with Gasteiger partial charge in [0.25, 0.3) is 0 Å². The lowest BCUT2D eigenvalue weighted by atomic mass is 10.0. The fourth-order valence-corrected chi connectivity index (χ4v) is 3.75. The van der Waals surface area contributed by atoms with Gasteiger partial charge >= 0.3 is 5.63 Å². The van der Waals surface area contributed by atoms with Crippen LogP contribution in [-0.2, 0) is 6.54 Å². The highest BCUT2D eigenvalue weighted by molar-refractivity contribution is 5.80. The van der Waals surface area contributed by atoms with Gasteiger partial charge in [0.1, 0.15) is 5.58 Å². The monoisotopic (exact) mass is 319 g/mol. The Balaban J connectivity index is 1.70. The molecule has 0 spiro atoms. The number of benzene rings is 2. The van der Waals surface area contributed by atoms with Crippen molar-refractivity contribution in [2.45, 2.75) is 32.4 Å². The van der Waals surface area contributed by atoms with Crippen LogP contribution >= 0.6 is 0 Å². The number of hydrogen-bond acceptors (Lipinski definition) is 3. The maximum atomic E-state index is 12.0. The van der Waals surface area contributed by atoms with Gasteiger partial charge in [0.05, 0.1) is 0 Å². The van der Waals surface area contributed by atoms with E-state index < -0.39 is 0 Å². The van der Waals surface area contributed by atoms with E-state index in [4.69, 9.17) is 4.42 Å². The molecule has 1 atom stereocenters. The van der Waals surface area contributed by atoms with E-state index in [2.05, 4.69) is 47.4 Å².